The molecule has 4 nitrogen and oxygen atoms in total. The molecular formula is C11H15N3O. The minimum absolute atomic E-state index is 0.0956. The first kappa shape index (κ1) is 11.4. The Morgan fingerprint density at radius 1 is 1.47 bits per heavy atom. The maximum atomic E-state index is 11.3. The van der Waals surface area contributed by atoms with Crippen molar-refractivity contribution in [1.29, 1.82) is 0 Å². The number of carbonyl (C=O) groups excluding carboxylic acids is 1. The minimum Gasteiger partial charge on any atom is -0.345 e. The maximum Gasteiger partial charge on any atom is 0.244 e. The Kier molecular flexibility index (Phi) is 4.47. The Morgan fingerprint density at radius 3 is 2.73 bits per heavy atom. The first-order chi connectivity index (χ1) is 7.22. The van der Waals surface area contributed by atoms with Crippen LogP contribution in [0.4, 0.5) is 0 Å². The number of rotatable bonds is 4. The van der Waals surface area contributed by atoms with Gasteiger partial charge in [0.15, 0.2) is 0 Å². The number of aromatic nitrogens is 2. The van der Waals surface area contributed by atoms with Gasteiger partial charge in [0.2, 0.25) is 5.91 Å². The lowest BCUT2D eigenvalue weighted by Gasteiger charge is -2.01. The molecule has 0 aliphatic rings. The molecule has 0 radical (unpaired) electrons. The Hall–Kier alpha value is -1.71. The molecule has 0 saturated carbocycles. The fourth-order valence-electron chi connectivity index (χ4n) is 0.964. The van der Waals surface area contributed by atoms with E-state index in [0.717, 1.165) is 12.0 Å². The molecule has 0 aliphatic heterocycles. The third-order valence-corrected chi connectivity index (χ3v) is 1.98. The van der Waals surface area contributed by atoms with E-state index in [-0.39, 0.29) is 5.91 Å². The molecule has 1 aromatic rings. The highest BCUT2D eigenvalue weighted by atomic mass is 16.1. The molecule has 4 heteroatoms. The summed E-state index contributed by atoms with van der Waals surface area (Å²) in [7, 11) is 0. The Labute approximate surface area is 89.4 Å². The molecule has 0 fully saturated rings. The van der Waals surface area contributed by atoms with E-state index in [1.807, 2.05) is 13.8 Å². The summed E-state index contributed by atoms with van der Waals surface area (Å²) >= 11 is 0. The molecule has 0 spiro atoms. The summed E-state index contributed by atoms with van der Waals surface area (Å²) in [6, 6.07) is 1.74. The van der Waals surface area contributed by atoms with Gasteiger partial charge in [-0.25, -0.2) is 9.97 Å². The van der Waals surface area contributed by atoms with Crippen molar-refractivity contribution in [2.45, 2.75) is 26.8 Å². The predicted molar refractivity (Wildman–Crippen MR) is 57.9 cm³/mol. The zero-order chi connectivity index (χ0) is 11.1. The van der Waals surface area contributed by atoms with E-state index in [9.17, 15) is 4.79 Å². The molecule has 0 atom stereocenters. The summed E-state index contributed by atoms with van der Waals surface area (Å²) < 4.78 is 0. The van der Waals surface area contributed by atoms with Crippen molar-refractivity contribution in [3.05, 3.63) is 35.9 Å². The zero-order valence-electron chi connectivity index (χ0n) is 9.03. The van der Waals surface area contributed by atoms with E-state index in [1.165, 1.54) is 0 Å². The zero-order valence-corrected chi connectivity index (χ0v) is 9.03. The van der Waals surface area contributed by atoms with Gasteiger partial charge in [-0.3, -0.25) is 4.79 Å². The van der Waals surface area contributed by atoms with Crippen LogP contribution >= 0.6 is 0 Å². The van der Waals surface area contributed by atoms with Gasteiger partial charge in [0.25, 0.3) is 0 Å². The Morgan fingerprint density at radius 2 is 2.13 bits per heavy atom. The van der Waals surface area contributed by atoms with Crippen LogP contribution in [0.25, 0.3) is 0 Å². The van der Waals surface area contributed by atoms with Crippen molar-refractivity contribution in [1.82, 2.24) is 15.3 Å². The van der Waals surface area contributed by atoms with Crippen LogP contribution in [0.15, 0.2) is 30.1 Å². The summed E-state index contributed by atoms with van der Waals surface area (Å²) in [5.41, 5.74) is 1.06. The van der Waals surface area contributed by atoms with E-state index in [2.05, 4.69) is 15.3 Å². The largest absolute Gasteiger partial charge is 0.345 e. The molecular weight excluding hydrogens is 190 g/mol. The van der Waals surface area contributed by atoms with Gasteiger partial charge in [-0.15, -0.1) is 0 Å². The van der Waals surface area contributed by atoms with E-state index >= 15 is 0 Å². The summed E-state index contributed by atoms with van der Waals surface area (Å²) in [6.07, 6.45) is 5.79. The van der Waals surface area contributed by atoms with Crippen LogP contribution in [0.1, 0.15) is 26.1 Å². The van der Waals surface area contributed by atoms with Crippen LogP contribution < -0.4 is 5.32 Å². The average molecular weight is 205 g/mol. The van der Waals surface area contributed by atoms with Crippen molar-refractivity contribution in [2.24, 2.45) is 0 Å². The van der Waals surface area contributed by atoms with E-state index in [1.54, 1.807) is 24.5 Å². The van der Waals surface area contributed by atoms with E-state index in [4.69, 9.17) is 0 Å². The molecule has 0 bridgehead atoms. The number of amides is 1. The van der Waals surface area contributed by atoms with Crippen LogP contribution in [-0.4, -0.2) is 15.9 Å². The highest BCUT2D eigenvalue weighted by Crippen LogP contribution is 1.96. The molecule has 0 saturated heterocycles. The molecule has 1 heterocycles. The summed E-state index contributed by atoms with van der Waals surface area (Å²) in [4.78, 5) is 19.3. The number of carbonyl (C=O) groups is 1. The third-order valence-electron chi connectivity index (χ3n) is 1.98. The van der Waals surface area contributed by atoms with Gasteiger partial charge in [-0.2, -0.15) is 0 Å². The lowest BCUT2D eigenvalue weighted by Crippen LogP contribution is -2.21. The molecule has 0 aliphatic carbocycles. The van der Waals surface area contributed by atoms with Crippen LogP contribution in [0.2, 0.25) is 0 Å². The fraction of sp³-hybridized carbons (Fsp3) is 0.364. The topological polar surface area (TPSA) is 54.9 Å². The summed E-state index contributed by atoms with van der Waals surface area (Å²) in [5.74, 6) is 0.523. The van der Waals surface area contributed by atoms with Crippen molar-refractivity contribution in [3.8, 4) is 0 Å². The molecule has 1 N–H and O–H groups in total. The fourth-order valence-corrected chi connectivity index (χ4v) is 0.964. The summed E-state index contributed by atoms with van der Waals surface area (Å²) in [5, 5.41) is 2.72. The molecule has 1 amide bonds. The Bertz CT molecular complexity index is 346. The Balaban J connectivity index is 2.41. The molecule has 0 aromatic carbocycles. The monoisotopic (exact) mass is 205 g/mol. The first-order valence-corrected chi connectivity index (χ1v) is 4.93. The average Bonchev–Trinajstić information content (AvgIpc) is 2.27. The highest BCUT2D eigenvalue weighted by molar-refractivity contribution is 5.87. The van der Waals surface area contributed by atoms with Gasteiger partial charge < -0.3 is 5.32 Å². The van der Waals surface area contributed by atoms with Crippen molar-refractivity contribution >= 4 is 5.91 Å². The van der Waals surface area contributed by atoms with Gasteiger partial charge in [-0.1, -0.05) is 12.5 Å². The van der Waals surface area contributed by atoms with Crippen LogP contribution in [0.3, 0.4) is 0 Å². The second kappa shape index (κ2) is 5.90. The lowest BCUT2D eigenvalue weighted by molar-refractivity contribution is -0.116. The van der Waals surface area contributed by atoms with Gasteiger partial charge in [-0.05, 0) is 19.4 Å². The molecule has 15 heavy (non-hydrogen) atoms. The first-order valence-electron chi connectivity index (χ1n) is 4.93. The van der Waals surface area contributed by atoms with Crippen LogP contribution in [0, 0.1) is 0 Å². The summed E-state index contributed by atoms with van der Waals surface area (Å²) in [6.45, 7) is 4.31. The SMILES string of the molecule is CC/C(C)=C/C(=O)NCc1ncccn1. The molecule has 1 aromatic heterocycles. The van der Waals surface area contributed by atoms with Crippen molar-refractivity contribution < 1.29 is 4.79 Å². The number of hydrogen-bond donors (Lipinski definition) is 1. The normalized spacial score (nSPS) is 11.2. The van der Waals surface area contributed by atoms with E-state index < -0.39 is 0 Å². The second-order valence-corrected chi connectivity index (χ2v) is 3.23. The highest BCUT2D eigenvalue weighted by Gasteiger charge is 1.98. The minimum atomic E-state index is -0.0956. The van der Waals surface area contributed by atoms with Crippen molar-refractivity contribution in [2.75, 3.05) is 0 Å². The lowest BCUT2D eigenvalue weighted by atomic mass is 10.2. The number of nitrogens with one attached hydrogen (secondary N) is 1. The molecule has 1 rings (SSSR count). The van der Waals surface area contributed by atoms with Crippen LogP contribution in [-0.2, 0) is 11.3 Å². The standard InChI is InChI=1S/C11H15N3O/c1-3-9(2)7-11(15)14-8-10-12-5-4-6-13-10/h4-7H,3,8H2,1-2H3,(H,14,15)/b9-7+. The number of hydrogen-bond acceptors (Lipinski definition) is 3. The smallest absolute Gasteiger partial charge is 0.244 e. The molecule has 0 unspecified atom stereocenters. The van der Waals surface area contributed by atoms with Gasteiger partial charge in [0.1, 0.15) is 5.82 Å². The van der Waals surface area contributed by atoms with Gasteiger partial charge >= 0.3 is 0 Å². The molecule has 80 valence electrons. The van der Waals surface area contributed by atoms with Gasteiger partial charge in [0, 0.05) is 18.5 Å². The van der Waals surface area contributed by atoms with Crippen LogP contribution in [0.5, 0.6) is 0 Å². The quantitative estimate of drug-likeness (QED) is 0.757. The van der Waals surface area contributed by atoms with E-state index in [0.29, 0.717) is 12.4 Å². The second-order valence-electron chi connectivity index (χ2n) is 3.23. The predicted octanol–water partition coefficient (Wildman–Crippen LogP) is 1.45. The third kappa shape index (κ3) is 4.35. The maximum absolute atomic E-state index is 11.3. The number of nitrogens with zero attached hydrogens (tertiary/aromatic N) is 2. The van der Waals surface area contributed by atoms with Gasteiger partial charge in [0.05, 0.1) is 6.54 Å². The number of allylic oxidation sites excluding steroid dienone is 1. The van der Waals surface area contributed by atoms with Crippen molar-refractivity contribution in [3.63, 3.8) is 0 Å².